The van der Waals surface area contributed by atoms with Crippen LogP contribution in [0.2, 0.25) is 0 Å². The molecule has 1 aromatic rings. The summed E-state index contributed by atoms with van der Waals surface area (Å²) in [6, 6.07) is 4.93. The van der Waals surface area contributed by atoms with Crippen molar-refractivity contribution in [1.82, 2.24) is 4.31 Å². The van der Waals surface area contributed by atoms with Crippen LogP contribution in [0, 0.1) is 5.41 Å². The molecule has 2 rings (SSSR count). The molecule has 0 amide bonds. The molecular weight excluding hydrogens is 340 g/mol. The molecule has 0 aromatic heterocycles. The predicted molar refractivity (Wildman–Crippen MR) is 84.9 cm³/mol. The van der Waals surface area contributed by atoms with Gasteiger partial charge in [-0.25, -0.2) is 8.42 Å². The molecule has 0 atom stereocenters. The van der Waals surface area contributed by atoms with Crippen molar-refractivity contribution < 1.29 is 8.42 Å². The molecular formula is C14H21BrN2O2S. The van der Waals surface area contributed by atoms with Gasteiger partial charge < -0.3 is 5.73 Å². The summed E-state index contributed by atoms with van der Waals surface area (Å²) >= 11 is 3.30. The number of hydrogen-bond acceptors (Lipinski definition) is 3. The molecule has 1 aliphatic rings. The zero-order chi connectivity index (χ0) is 15.0. The van der Waals surface area contributed by atoms with E-state index in [0.717, 1.165) is 23.7 Å². The monoisotopic (exact) mass is 360 g/mol. The largest absolute Gasteiger partial charge is 0.398 e. The van der Waals surface area contributed by atoms with E-state index in [-0.39, 0.29) is 10.3 Å². The van der Waals surface area contributed by atoms with Crippen molar-refractivity contribution in [3.63, 3.8) is 0 Å². The second-order valence-electron chi connectivity index (χ2n) is 5.48. The maximum atomic E-state index is 12.7. The molecule has 0 spiro atoms. The molecule has 1 saturated heterocycles. The van der Waals surface area contributed by atoms with E-state index in [4.69, 9.17) is 5.73 Å². The van der Waals surface area contributed by atoms with Gasteiger partial charge >= 0.3 is 0 Å². The number of nitrogens with zero attached hydrogens (tertiary/aromatic N) is 1. The van der Waals surface area contributed by atoms with E-state index in [1.165, 1.54) is 0 Å². The Bertz CT molecular complexity index is 597. The van der Waals surface area contributed by atoms with E-state index in [1.807, 2.05) is 0 Å². The Balaban J connectivity index is 2.33. The second-order valence-corrected chi connectivity index (χ2v) is 8.30. The molecule has 1 fully saturated rings. The highest BCUT2D eigenvalue weighted by molar-refractivity contribution is 9.10. The van der Waals surface area contributed by atoms with Crippen LogP contribution in [-0.2, 0) is 10.0 Å². The van der Waals surface area contributed by atoms with Gasteiger partial charge in [-0.15, -0.1) is 0 Å². The van der Waals surface area contributed by atoms with Crippen molar-refractivity contribution in [3.8, 4) is 0 Å². The van der Waals surface area contributed by atoms with Gasteiger partial charge in [-0.3, -0.25) is 0 Å². The average molecular weight is 361 g/mol. The summed E-state index contributed by atoms with van der Waals surface area (Å²) in [7, 11) is -3.49. The van der Waals surface area contributed by atoms with Crippen LogP contribution >= 0.6 is 15.9 Å². The van der Waals surface area contributed by atoms with E-state index >= 15 is 0 Å². The molecule has 0 saturated carbocycles. The van der Waals surface area contributed by atoms with Crippen LogP contribution in [0.15, 0.2) is 27.6 Å². The number of rotatable bonds is 4. The number of anilines is 1. The van der Waals surface area contributed by atoms with Crippen molar-refractivity contribution in [2.45, 2.75) is 38.0 Å². The van der Waals surface area contributed by atoms with Gasteiger partial charge in [0.05, 0.1) is 5.69 Å². The summed E-state index contributed by atoms with van der Waals surface area (Å²) in [5.41, 5.74) is 6.29. The van der Waals surface area contributed by atoms with Gasteiger partial charge in [0.2, 0.25) is 10.0 Å². The summed E-state index contributed by atoms with van der Waals surface area (Å²) in [6.07, 6.45) is 2.94. The first-order valence-corrected chi connectivity index (χ1v) is 9.13. The molecule has 4 nitrogen and oxygen atoms in total. The molecule has 0 radical (unpaired) electrons. The van der Waals surface area contributed by atoms with Crippen LogP contribution < -0.4 is 5.73 Å². The van der Waals surface area contributed by atoms with Gasteiger partial charge in [0.1, 0.15) is 4.90 Å². The summed E-state index contributed by atoms with van der Waals surface area (Å²) in [5.74, 6) is 0. The molecule has 1 aromatic carbocycles. The Morgan fingerprint density at radius 3 is 2.50 bits per heavy atom. The van der Waals surface area contributed by atoms with Crippen molar-refractivity contribution >= 4 is 31.6 Å². The first kappa shape index (κ1) is 15.8. The van der Waals surface area contributed by atoms with Crippen molar-refractivity contribution in [2.75, 3.05) is 18.8 Å². The van der Waals surface area contributed by atoms with Crippen LogP contribution in [0.3, 0.4) is 0 Å². The minimum atomic E-state index is -3.49. The molecule has 0 aliphatic carbocycles. The van der Waals surface area contributed by atoms with Crippen molar-refractivity contribution in [3.05, 3.63) is 22.7 Å². The lowest BCUT2D eigenvalue weighted by atomic mass is 9.82. The smallest absolute Gasteiger partial charge is 0.245 e. The van der Waals surface area contributed by atoms with Crippen molar-refractivity contribution in [2.24, 2.45) is 5.41 Å². The van der Waals surface area contributed by atoms with E-state index in [0.29, 0.717) is 18.8 Å². The van der Waals surface area contributed by atoms with Crippen LogP contribution in [0.25, 0.3) is 0 Å². The maximum Gasteiger partial charge on any atom is 0.245 e. The third kappa shape index (κ3) is 2.73. The van der Waals surface area contributed by atoms with Gasteiger partial charge in [0.15, 0.2) is 0 Å². The van der Waals surface area contributed by atoms with E-state index in [9.17, 15) is 8.42 Å². The Kier molecular flexibility index (Phi) is 4.47. The number of nitrogens with two attached hydrogens (primary N) is 1. The number of nitrogen functional groups attached to an aromatic ring is 1. The Hall–Kier alpha value is -0.590. The lowest BCUT2D eigenvalue weighted by Crippen LogP contribution is -2.32. The molecule has 112 valence electrons. The summed E-state index contributed by atoms with van der Waals surface area (Å²) < 4.78 is 27.8. The van der Waals surface area contributed by atoms with Gasteiger partial charge in [-0.05, 0) is 42.9 Å². The van der Waals surface area contributed by atoms with Gasteiger partial charge in [0, 0.05) is 17.6 Å². The molecule has 0 bridgehead atoms. The number of benzene rings is 1. The van der Waals surface area contributed by atoms with Crippen molar-refractivity contribution in [1.29, 1.82) is 0 Å². The zero-order valence-corrected chi connectivity index (χ0v) is 14.3. The number of hydrogen-bond donors (Lipinski definition) is 1. The molecule has 6 heteroatoms. The fraction of sp³-hybridized carbons (Fsp3) is 0.571. The SMILES string of the molecule is CCC1(CC)CCN(S(=O)(=O)c2ccc(Br)cc2N)C1. The number of halogens is 1. The zero-order valence-electron chi connectivity index (χ0n) is 11.9. The molecule has 0 unspecified atom stereocenters. The van der Waals surface area contributed by atoms with E-state index < -0.39 is 10.0 Å². The molecule has 1 heterocycles. The van der Waals surface area contributed by atoms with Gasteiger partial charge in [0.25, 0.3) is 0 Å². The summed E-state index contributed by atoms with van der Waals surface area (Å²) in [6.45, 7) is 5.44. The minimum absolute atomic E-state index is 0.122. The minimum Gasteiger partial charge on any atom is -0.398 e. The van der Waals surface area contributed by atoms with Gasteiger partial charge in [-0.1, -0.05) is 29.8 Å². The fourth-order valence-corrected chi connectivity index (χ4v) is 4.85. The lowest BCUT2D eigenvalue weighted by Gasteiger charge is -2.26. The quantitative estimate of drug-likeness (QED) is 0.838. The highest BCUT2D eigenvalue weighted by Crippen LogP contribution is 2.40. The Labute approximate surface area is 129 Å². The van der Waals surface area contributed by atoms with Crippen LogP contribution in [0.1, 0.15) is 33.1 Å². The maximum absolute atomic E-state index is 12.7. The normalized spacial score (nSPS) is 19.4. The molecule has 2 N–H and O–H groups in total. The first-order valence-electron chi connectivity index (χ1n) is 6.90. The van der Waals surface area contributed by atoms with E-state index in [1.54, 1.807) is 22.5 Å². The second kappa shape index (κ2) is 5.66. The highest BCUT2D eigenvalue weighted by Gasteiger charge is 2.41. The topological polar surface area (TPSA) is 63.4 Å². The van der Waals surface area contributed by atoms with Crippen LogP contribution in [-0.4, -0.2) is 25.8 Å². The predicted octanol–water partition coefficient (Wildman–Crippen LogP) is 3.23. The third-order valence-corrected chi connectivity index (χ3v) is 6.91. The Morgan fingerprint density at radius 1 is 1.35 bits per heavy atom. The van der Waals surface area contributed by atoms with Crippen LogP contribution in [0.5, 0.6) is 0 Å². The summed E-state index contributed by atoms with van der Waals surface area (Å²) in [5, 5.41) is 0. The molecule has 1 aliphatic heterocycles. The summed E-state index contributed by atoms with van der Waals surface area (Å²) in [4.78, 5) is 0.212. The third-order valence-electron chi connectivity index (χ3n) is 4.49. The highest BCUT2D eigenvalue weighted by atomic mass is 79.9. The standard InChI is InChI=1S/C14H21BrN2O2S/c1-3-14(4-2)7-8-17(10-14)20(18,19)13-6-5-11(15)9-12(13)16/h5-6,9H,3-4,7-8,10,16H2,1-2H3. The van der Waals surface area contributed by atoms with E-state index in [2.05, 4.69) is 29.8 Å². The number of sulfonamides is 1. The first-order chi connectivity index (χ1) is 9.34. The Morgan fingerprint density at radius 2 is 2.00 bits per heavy atom. The molecule has 20 heavy (non-hydrogen) atoms. The van der Waals surface area contributed by atoms with Gasteiger partial charge in [-0.2, -0.15) is 4.31 Å². The average Bonchev–Trinajstić information content (AvgIpc) is 2.84. The van der Waals surface area contributed by atoms with Crippen LogP contribution in [0.4, 0.5) is 5.69 Å². The lowest BCUT2D eigenvalue weighted by molar-refractivity contribution is 0.279. The fourth-order valence-electron chi connectivity index (χ4n) is 2.82.